The summed E-state index contributed by atoms with van der Waals surface area (Å²) in [6.07, 6.45) is 1.84. The molecule has 4 nitrogen and oxygen atoms in total. The van der Waals surface area contributed by atoms with E-state index in [1.807, 2.05) is 18.3 Å². The van der Waals surface area contributed by atoms with Crippen LogP contribution in [0.5, 0.6) is 0 Å². The molecule has 0 fully saturated rings. The molecular formula is C29H22N4. The van der Waals surface area contributed by atoms with Crippen LogP contribution >= 0.6 is 0 Å². The Morgan fingerprint density at radius 2 is 1.61 bits per heavy atom. The smallest absolute Gasteiger partial charge is 0.164 e. The molecule has 0 spiro atoms. The molecule has 0 atom stereocenters. The fraction of sp³-hybridized carbons (Fsp3) is 0.103. The zero-order chi connectivity index (χ0) is 22.1. The van der Waals surface area contributed by atoms with E-state index in [9.17, 15) is 0 Å². The molecule has 0 saturated heterocycles. The fourth-order valence-electron chi connectivity index (χ4n) is 5.28. The Hall–Kier alpha value is -4.18. The standard InChI is InChI=1S/C29H22N4/c1-3-32-25-12-11-18(2)14-22(25)23-17-21-20(16-27(23)32)15-26(19-8-5-4-6-9-19)33-28(21)31-24-10-7-13-30-29(24)33/h4-17H,3H2,1-2H3. The second kappa shape index (κ2) is 6.66. The molecule has 0 saturated carbocycles. The molecule has 33 heavy (non-hydrogen) atoms. The largest absolute Gasteiger partial charge is 0.341 e. The zero-order valence-corrected chi connectivity index (χ0v) is 18.6. The van der Waals surface area contributed by atoms with Gasteiger partial charge in [-0.25, -0.2) is 9.97 Å². The van der Waals surface area contributed by atoms with Crippen LogP contribution < -0.4 is 0 Å². The summed E-state index contributed by atoms with van der Waals surface area (Å²) < 4.78 is 4.63. The molecule has 0 N–H and O–H groups in total. The number of imidazole rings is 1. The summed E-state index contributed by atoms with van der Waals surface area (Å²) in [5, 5.41) is 4.92. The van der Waals surface area contributed by atoms with E-state index in [0.29, 0.717) is 0 Å². The minimum absolute atomic E-state index is 0.889. The molecule has 4 aromatic heterocycles. The van der Waals surface area contributed by atoms with Crippen molar-refractivity contribution in [2.75, 3.05) is 0 Å². The van der Waals surface area contributed by atoms with E-state index < -0.39 is 0 Å². The topological polar surface area (TPSA) is 35.1 Å². The van der Waals surface area contributed by atoms with Gasteiger partial charge in [0, 0.05) is 39.9 Å². The number of hydrogen-bond acceptors (Lipinski definition) is 2. The first kappa shape index (κ1) is 18.4. The molecule has 7 rings (SSSR count). The van der Waals surface area contributed by atoms with Gasteiger partial charge in [0.2, 0.25) is 0 Å². The molecular weight excluding hydrogens is 404 g/mol. The molecule has 0 bridgehead atoms. The number of aromatic nitrogens is 4. The minimum atomic E-state index is 0.889. The highest BCUT2D eigenvalue weighted by Gasteiger charge is 2.17. The fourth-order valence-corrected chi connectivity index (χ4v) is 5.28. The lowest BCUT2D eigenvalue weighted by Crippen LogP contribution is -1.96. The van der Waals surface area contributed by atoms with E-state index in [2.05, 4.69) is 89.5 Å². The van der Waals surface area contributed by atoms with Gasteiger partial charge in [0.25, 0.3) is 0 Å². The first-order chi connectivity index (χ1) is 16.2. The van der Waals surface area contributed by atoms with Gasteiger partial charge in [0.15, 0.2) is 5.65 Å². The summed E-state index contributed by atoms with van der Waals surface area (Å²) in [7, 11) is 0. The lowest BCUT2D eigenvalue weighted by molar-refractivity contribution is 0.827. The van der Waals surface area contributed by atoms with E-state index in [4.69, 9.17) is 9.97 Å². The van der Waals surface area contributed by atoms with Crippen molar-refractivity contribution in [3.63, 3.8) is 0 Å². The van der Waals surface area contributed by atoms with Gasteiger partial charge in [0.05, 0.1) is 5.69 Å². The predicted molar refractivity (Wildman–Crippen MR) is 137 cm³/mol. The van der Waals surface area contributed by atoms with Crippen molar-refractivity contribution >= 4 is 49.4 Å². The van der Waals surface area contributed by atoms with Crippen LogP contribution in [0.3, 0.4) is 0 Å². The molecule has 0 unspecified atom stereocenters. The van der Waals surface area contributed by atoms with E-state index in [-0.39, 0.29) is 0 Å². The van der Waals surface area contributed by atoms with Crippen LogP contribution in [0.1, 0.15) is 12.5 Å². The summed E-state index contributed by atoms with van der Waals surface area (Å²) in [5.41, 5.74) is 8.83. The molecule has 3 aromatic carbocycles. The van der Waals surface area contributed by atoms with Gasteiger partial charge in [-0.3, -0.25) is 4.40 Å². The zero-order valence-electron chi connectivity index (χ0n) is 18.6. The third-order valence-electron chi connectivity index (χ3n) is 6.77. The third kappa shape index (κ3) is 2.52. The lowest BCUT2D eigenvalue weighted by Gasteiger charge is -2.11. The van der Waals surface area contributed by atoms with E-state index in [1.54, 1.807) is 0 Å². The van der Waals surface area contributed by atoms with Gasteiger partial charge in [-0.1, -0.05) is 42.0 Å². The van der Waals surface area contributed by atoms with Crippen molar-refractivity contribution in [2.45, 2.75) is 20.4 Å². The first-order valence-electron chi connectivity index (χ1n) is 11.4. The summed E-state index contributed by atoms with van der Waals surface area (Å²) in [5.74, 6) is 0. The highest BCUT2D eigenvalue weighted by molar-refractivity contribution is 6.15. The van der Waals surface area contributed by atoms with Crippen LogP contribution in [0.25, 0.3) is 60.6 Å². The van der Waals surface area contributed by atoms with Crippen molar-refractivity contribution in [1.29, 1.82) is 0 Å². The summed E-state index contributed by atoms with van der Waals surface area (Å²) in [4.78, 5) is 9.75. The molecule has 0 aliphatic heterocycles. The summed E-state index contributed by atoms with van der Waals surface area (Å²) in [6, 6.07) is 28.2. The Morgan fingerprint density at radius 1 is 0.758 bits per heavy atom. The quantitative estimate of drug-likeness (QED) is 0.294. The number of rotatable bonds is 2. The van der Waals surface area contributed by atoms with Crippen LogP contribution in [0, 0.1) is 6.92 Å². The number of nitrogens with zero attached hydrogens (tertiary/aromatic N) is 4. The van der Waals surface area contributed by atoms with Crippen molar-refractivity contribution in [3.8, 4) is 11.3 Å². The third-order valence-corrected chi connectivity index (χ3v) is 6.77. The van der Waals surface area contributed by atoms with Gasteiger partial charge in [0.1, 0.15) is 11.2 Å². The Morgan fingerprint density at radius 3 is 2.45 bits per heavy atom. The van der Waals surface area contributed by atoms with Crippen molar-refractivity contribution in [1.82, 2.24) is 18.9 Å². The van der Waals surface area contributed by atoms with Gasteiger partial charge in [-0.2, -0.15) is 0 Å². The van der Waals surface area contributed by atoms with E-state index in [0.717, 1.165) is 40.0 Å². The average Bonchev–Trinajstić information content (AvgIpc) is 3.38. The van der Waals surface area contributed by atoms with Crippen LogP contribution in [-0.2, 0) is 6.54 Å². The highest BCUT2D eigenvalue weighted by atomic mass is 15.1. The van der Waals surface area contributed by atoms with Gasteiger partial charge < -0.3 is 4.57 Å². The molecule has 0 aliphatic carbocycles. The monoisotopic (exact) mass is 426 g/mol. The lowest BCUT2D eigenvalue weighted by atomic mass is 10.0. The average molecular weight is 427 g/mol. The SMILES string of the molecule is CCn1c2ccc(C)cc2c2cc3c(cc(-c4ccccc4)n4c5ncccc5nc34)cc21. The van der Waals surface area contributed by atoms with Crippen molar-refractivity contribution in [3.05, 3.63) is 90.6 Å². The summed E-state index contributed by atoms with van der Waals surface area (Å²) >= 11 is 0. The predicted octanol–water partition coefficient (Wildman–Crippen LogP) is 7.14. The summed E-state index contributed by atoms with van der Waals surface area (Å²) in [6.45, 7) is 5.31. The van der Waals surface area contributed by atoms with Gasteiger partial charge >= 0.3 is 0 Å². The van der Waals surface area contributed by atoms with E-state index >= 15 is 0 Å². The molecule has 158 valence electrons. The van der Waals surface area contributed by atoms with Gasteiger partial charge in [-0.05, 0) is 67.3 Å². The number of aryl methyl sites for hydroxylation is 2. The van der Waals surface area contributed by atoms with Crippen molar-refractivity contribution < 1.29 is 0 Å². The normalized spacial score (nSPS) is 12.1. The highest BCUT2D eigenvalue weighted by Crippen LogP contribution is 2.37. The molecule has 7 aromatic rings. The Labute approximate surface area is 190 Å². The number of pyridine rings is 2. The van der Waals surface area contributed by atoms with Crippen LogP contribution in [-0.4, -0.2) is 18.9 Å². The Bertz CT molecular complexity index is 1860. The van der Waals surface area contributed by atoms with Crippen molar-refractivity contribution in [2.24, 2.45) is 0 Å². The maximum Gasteiger partial charge on any atom is 0.164 e. The molecule has 4 heteroatoms. The molecule has 0 radical (unpaired) electrons. The van der Waals surface area contributed by atoms with Crippen LogP contribution in [0.2, 0.25) is 0 Å². The van der Waals surface area contributed by atoms with Crippen LogP contribution in [0.15, 0.2) is 85.1 Å². The van der Waals surface area contributed by atoms with Crippen LogP contribution in [0.4, 0.5) is 0 Å². The molecule has 4 heterocycles. The Kier molecular flexibility index (Phi) is 3.71. The minimum Gasteiger partial charge on any atom is -0.341 e. The maximum atomic E-state index is 5.05. The molecule has 0 aliphatic rings. The second-order valence-corrected chi connectivity index (χ2v) is 8.73. The number of fused-ring (bicyclic) bond motifs is 8. The second-order valence-electron chi connectivity index (χ2n) is 8.73. The molecule has 0 amide bonds. The van der Waals surface area contributed by atoms with E-state index in [1.165, 1.54) is 32.8 Å². The first-order valence-corrected chi connectivity index (χ1v) is 11.4. The maximum absolute atomic E-state index is 5.05. The number of hydrogen-bond donors (Lipinski definition) is 0. The number of benzene rings is 3. The van der Waals surface area contributed by atoms with Gasteiger partial charge in [-0.15, -0.1) is 0 Å². The Balaban J connectivity index is 1.72.